The van der Waals surface area contributed by atoms with Crippen LogP contribution in [0.15, 0.2) is 5.57 Å². The fraction of sp³-hybridized carbons (Fsp3) is 0.231. The molecule has 3 rings (SSSR count). The number of hydrogen-bond donors (Lipinski definition) is 0. The molecule has 0 aromatic carbocycles. The summed E-state index contributed by atoms with van der Waals surface area (Å²) >= 11 is 17.1. The molecule has 1 aliphatic rings. The Hall–Kier alpha value is -1.98. The van der Waals surface area contributed by atoms with Crippen LogP contribution in [0.25, 0.3) is 0 Å². The topological polar surface area (TPSA) is 58.0 Å². The van der Waals surface area contributed by atoms with Crippen molar-refractivity contribution in [1.29, 1.82) is 0 Å². The normalized spacial score (nSPS) is 20.1. The van der Waals surface area contributed by atoms with Gasteiger partial charge in [-0.1, -0.05) is 34.8 Å². The molecule has 1 radical (unpaired) electrons. The molecule has 0 N–H and O–H groups in total. The molecule has 14 heteroatoms. The van der Waals surface area contributed by atoms with E-state index < -0.39 is 57.7 Å². The predicted octanol–water partition coefficient (Wildman–Crippen LogP) is 4.23. The lowest BCUT2D eigenvalue weighted by Crippen LogP contribution is -2.53. The minimum Gasteiger partial charge on any atom is -0.274 e. The van der Waals surface area contributed by atoms with Gasteiger partial charge in [-0.05, 0) is 6.92 Å². The van der Waals surface area contributed by atoms with Crippen molar-refractivity contribution in [2.75, 3.05) is 9.80 Å². The van der Waals surface area contributed by atoms with Crippen LogP contribution >= 0.6 is 34.8 Å². The van der Waals surface area contributed by atoms with E-state index >= 15 is 4.39 Å². The molecule has 143 valence electrons. The Balaban J connectivity index is 2.16. The number of anilines is 2. The van der Waals surface area contributed by atoms with Crippen LogP contribution in [0.1, 0.15) is 6.92 Å². The Bertz CT molecular complexity index is 945. The van der Waals surface area contributed by atoms with Gasteiger partial charge in [0.25, 0.3) is 6.42 Å². The van der Waals surface area contributed by atoms with E-state index in [-0.39, 0.29) is 10.5 Å². The van der Waals surface area contributed by atoms with Gasteiger partial charge in [0.2, 0.25) is 12.2 Å². The average molecular weight is 447 g/mol. The van der Waals surface area contributed by atoms with Crippen LogP contribution in [0.3, 0.4) is 0 Å². The highest BCUT2D eigenvalue weighted by Crippen LogP contribution is 2.39. The molecule has 0 bridgehead atoms. The standard InChI is InChI=1S/C13H5Cl3F5N6/c1-3-2-26(9-4(14)6(16)22-11(19)24-9)13(21)27(8(3)18)10-5(15)7(17)23-12(20)25-10/h8,13H,1H3. The fourth-order valence-electron chi connectivity index (χ4n) is 2.20. The van der Waals surface area contributed by atoms with Crippen LogP contribution in [-0.2, 0) is 0 Å². The first-order valence-electron chi connectivity index (χ1n) is 6.84. The Morgan fingerprint density at radius 2 is 1.48 bits per heavy atom. The number of hydrogen-bond acceptors (Lipinski definition) is 6. The van der Waals surface area contributed by atoms with Crippen LogP contribution in [0.2, 0.25) is 15.2 Å². The molecular formula is C13H5Cl3F5N6. The Labute approximate surface area is 163 Å². The quantitative estimate of drug-likeness (QED) is 0.298. The molecule has 27 heavy (non-hydrogen) atoms. The van der Waals surface area contributed by atoms with Gasteiger partial charge in [-0.25, -0.2) is 4.39 Å². The second-order valence-corrected chi connectivity index (χ2v) is 6.17. The van der Waals surface area contributed by atoms with Crippen LogP contribution in [0.4, 0.5) is 33.6 Å². The third-order valence-electron chi connectivity index (χ3n) is 3.35. The summed E-state index contributed by atoms with van der Waals surface area (Å²) < 4.78 is 70.1. The van der Waals surface area contributed by atoms with E-state index in [1.807, 2.05) is 0 Å². The molecule has 1 aliphatic heterocycles. The first kappa shape index (κ1) is 19.8. The Morgan fingerprint density at radius 1 is 0.889 bits per heavy atom. The van der Waals surface area contributed by atoms with Crippen LogP contribution < -0.4 is 9.80 Å². The van der Waals surface area contributed by atoms with Gasteiger partial charge in [-0.2, -0.15) is 37.5 Å². The Morgan fingerprint density at radius 3 is 2.15 bits per heavy atom. The summed E-state index contributed by atoms with van der Waals surface area (Å²) in [7, 11) is 0. The van der Waals surface area contributed by atoms with Gasteiger partial charge in [0.1, 0.15) is 10.0 Å². The van der Waals surface area contributed by atoms with Gasteiger partial charge in [-0.3, -0.25) is 9.80 Å². The van der Waals surface area contributed by atoms with Gasteiger partial charge in [-0.15, -0.1) is 0 Å². The minimum absolute atomic E-state index is 0.173. The zero-order valence-corrected chi connectivity index (χ0v) is 15.1. The van der Waals surface area contributed by atoms with Crippen LogP contribution in [0, 0.1) is 24.3 Å². The molecule has 2 aromatic rings. The number of rotatable bonds is 2. The molecule has 0 amide bonds. The van der Waals surface area contributed by atoms with Gasteiger partial charge < -0.3 is 0 Å². The van der Waals surface area contributed by atoms with Gasteiger partial charge in [0, 0.05) is 5.57 Å². The molecule has 3 heterocycles. The molecule has 2 atom stereocenters. The number of nitrogens with zero attached hydrogens (tertiary/aromatic N) is 6. The van der Waals surface area contributed by atoms with Crippen LogP contribution in [0.5, 0.6) is 0 Å². The minimum atomic E-state index is -2.59. The third-order valence-corrected chi connectivity index (χ3v) is 4.39. The van der Waals surface area contributed by atoms with Crippen molar-refractivity contribution in [1.82, 2.24) is 19.9 Å². The molecule has 0 spiro atoms. The molecule has 0 saturated heterocycles. The highest BCUT2D eigenvalue weighted by atomic mass is 35.5. The number of alkyl halides is 2. The molecule has 0 saturated carbocycles. The highest BCUT2D eigenvalue weighted by molar-refractivity contribution is 6.42. The molecule has 6 nitrogen and oxygen atoms in total. The number of aromatic nitrogens is 4. The summed E-state index contributed by atoms with van der Waals surface area (Å²) in [6.45, 7) is 1.17. The van der Waals surface area contributed by atoms with E-state index in [4.69, 9.17) is 34.8 Å². The van der Waals surface area contributed by atoms with E-state index in [0.29, 0.717) is 4.90 Å². The lowest BCUT2D eigenvalue weighted by Gasteiger charge is -2.40. The van der Waals surface area contributed by atoms with Crippen molar-refractivity contribution >= 4 is 46.4 Å². The maximum absolute atomic E-state index is 15.1. The summed E-state index contributed by atoms with van der Waals surface area (Å²) in [4.78, 5) is 12.9. The lowest BCUT2D eigenvalue weighted by molar-refractivity contribution is 0.225. The van der Waals surface area contributed by atoms with Gasteiger partial charge >= 0.3 is 12.2 Å². The summed E-state index contributed by atoms with van der Waals surface area (Å²) in [5.74, 6) is -3.07. The smallest absolute Gasteiger partial charge is 0.274 e. The molecule has 2 aromatic heterocycles. The maximum atomic E-state index is 15.1. The second-order valence-electron chi connectivity index (χ2n) is 5.06. The maximum Gasteiger partial charge on any atom is 0.313 e. The van der Waals surface area contributed by atoms with E-state index in [2.05, 4.69) is 26.1 Å². The molecular weight excluding hydrogens is 442 g/mol. The van der Waals surface area contributed by atoms with E-state index in [1.54, 1.807) is 0 Å². The largest absolute Gasteiger partial charge is 0.313 e. The van der Waals surface area contributed by atoms with Crippen molar-refractivity contribution in [3.63, 3.8) is 0 Å². The van der Waals surface area contributed by atoms with E-state index in [0.717, 1.165) is 0 Å². The first-order valence-corrected chi connectivity index (χ1v) is 7.98. The van der Waals surface area contributed by atoms with E-state index in [9.17, 15) is 17.6 Å². The van der Waals surface area contributed by atoms with Crippen molar-refractivity contribution in [2.24, 2.45) is 0 Å². The SMILES string of the molecule is CC1=[C]N(c2nc(F)nc(Cl)c2Cl)C(F)N(c2nc(F)nc(F)c2Cl)C1F. The molecule has 0 fully saturated rings. The fourth-order valence-corrected chi connectivity index (χ4v) is 2.71. The van der Waals surface area contributed by atoms with Crippen molar-refractivity contribution in [2.45, 2.75) is 19.6 Å². The molecule has 0 aliphatic carbocycles. The zero-order chi connectivity index (χ0) is 20.0. The summed E-state index contributed by atoms with van der Waals surface area (Å²) in [6.07, 6.45) is -5.56. The first-order chi connectivity index (χ1) is 12.6. The third kappa shape index (κ3) is 3.46. The van der Waals surface area contributed by atoms with Gasteiger partial charge in [0.05, 0.1) is 6.20 Å². The van der Waals surface area contributed by atoms with Crippen molar-refractivity contribution in [3.8, 4) is 0 Å². The summed E-state index contributed by atoms with van der Waals surface area (Å²) in [5, 5.41) is -1.95. The lowest BCUT2D eigenvalue weighted by atomic mass is 10.2. The highest BCUT2D eigenvalue weighted by Gasteiger charge is 2.41. The summed E-state index contributed by atoms with van der Waals surface area (Å²) in [6, 6.07) is 0. The summed E-state index contributed by atoms with van der Waals surface area (Å²) in [5.41, 5.74) is -0.286. The number of halogens is 8. The van der Waals surface area contributed by atoms with E-state index in [1.165, 1.54) is 6.92 Å². The zero-order valence-electron chi connectivity index (χ0n) is 12.9. The van der Waals surface area contributed by atoms with Gasteiger partial charge in [0.15, 0.2) is 16.8 Å². The molecule has 2 unspecified atom stereocenters. The van der Waals surface area contributed by atoms with Crippen molar-refractivity contribution < 1.29 is 22.0 Å². The average Bonchev–Trinajstić information content (AvgIpc) is 2.58. The second kappa shape index (κ2) is 7.21. The predicted molar refractivity (Wildman–Crippen MR) is 86.1 cm³/mol. The Kier molecular flexibility index (Phi) is 5.28. The van der Waals surface area contributed by atoms with Crippen LogP contribution in [-0.4, -0.2) is 32.7 Å². The monoisotopic (exact) mass is 445 g/mol. The van der Waals surface area contributed by atoms with Crippen molar-refractivity contribution in [3.05, 3.63) is 45.1 Å².